The summed E-state index contributed by atoms with van der Waals surface area (Å²) in [6.07, 6.45) is 0.677. The van der Waals surface area contributed by atoms with Crippen molar-refractivity contribution >= 4 is 33.5 Å². The second-order valence-corrected chi connectivity index (χ2v) is 10.8. The maximum atomic E-state index is 13.0. The van der Waals surface area contributed by atoms with Crippen molar-refractivity contribution in [3.05, 3.63) is 102 Å². The normalized spacial score (nSPS) is 11.8. The average Bonchev–Trinajstić information content (AvgIpc) is 2.93. The smallest absolute Gasteiger partial charge is 0.331 e. The number of hydrogen-bond donors (Lipinski definition) is 4. The molecule has 0 spiro atoms. The van der Waals surface area contributed by atoms with E-state index in [2.05, 4.69) is 15.4 Å². The van der Waals surface area contributed by atoms with Crippen molar-refractivity contribution in [1.82, 2.24) is 15.4 Å². The number of nitrogens with zero attached hydrogens (tertiary/aromatic N) is 1. The Bertz CT molecular complexity index is 1370. The first kappa shape index (κ1) is 30.3. The lowest BCUT2D eigenvalue weighted by Crippen LogP contribution is -2.49. The Morgan fingerprint density at radius 3 is 2.05 bits per heavy atom. The van der Waals surface area contributed by atoms with E-state index in [9.17, 15) is 22.8 Å². The largest absolute Gasteiger partial charge is 0.350 e. The van der Waals surface area contributed by atoms with Crippen molar-refractivity contribution in [3.63, 3.8) is 0 Å². The van der Waals surface area contributed by atoms with Crippen LogP contribution in [0, 0.1) is 0 Å². The van der Waals surface area contributed by atoms with E-state index in [4.69, 9.17) is 10.7 Å². The van der Waals surface area contributed by atoms with Crippen molar-refractivity contribution in [2.24, 2.45) is 5.84 Å². The Labute approximate surface area is 233 Å². The highest BCUT2D eigenvalue weighted by Gasteiger charge is 2.25. The molecule has 11 nitrogen and oxygen atoms in total. The highest BCUT2D eigenvalue weighted by atomic mass is 32.2. The first-order valence-corrected chi connectivity index (χ1v) is 14.2. The van der Waals surface area contributed by atoms with E-state index in [1.165, 1.54) is 6.92 Å². The van der Waals surface area contributed by atoms with Crippen LogP contribution < -0.4 is 26.4 Å². The van der Waals surface area contributed by atoms with Crippen LogP contribution in [-0.2, 0) is 48.0 Å². The summed E-state index contributed by atoms with van der Waals surface area (Å²) >= 11 is 0. The Kier molecular flexibility index (Phi) is 11.2. The molecule has 5 N–H and O–H groups in total. The van der Waals surface area contributed by atoms with Gasteiger partial charge in [-0.05, 0) is 41.7 Å². The van der Waals surface area contributed by atoms with E-state index in [1.807, 2.05) is 30.3 Å². The molecule has 0 saturated heterocycles. The van der Waals surface area contributed by atoms with Crippen LogP contribution in [0.25, 0.3) is 0 Å². The maximum Gasteiger partial charge on any atom is 0.331 e. The number of sulfonamides is 1. The van der Waals surface area contributed by atoms with Crippen molar-refractivity contribution < 1.29 is 27.6 Å². The van der Waals surface area contributed by atoms with Gasteiger partial charge in [0.15, 0.2) is 0 Å². The van der Waals surface area contributed by atoms with Gasteiger partial charge in [-0.2, -0.15) is 0 Å². The maximum absolute atomic E-state index is 13.0. The zero-order valence-corrected chi connectivity index (χ0v) is 22.9. The van der Waals surface area contributed by atoms with Crippen LogP contribution in [0.3, 0.4) is 0 Å². The molecule has 0 aliphatic rings. The van der Waals surface area contributed by atoms with Gasteiger partial charge in [0.05, 0.1) is 18.0 Å². The highest BCUT2D eigenvalue weighted by molar-refractivity contribution is 7.88. The molecule has 0 saturated carbocycles. The highest BCUT2D eigenvalue weighted by Crippen LogP contribution is 2.13. The lowest BCUT2D eigenvalue weighted by Gasteiger charge is -2.19. The first-order chi connectivity index (χ1) is 19.1. The third kappa shape index (κ3) is 10.5. The quantitative estimate of drug-likeness (QED) is 0.169. The van der Waals surface area contributed by atoms with Crippen LogP contribution >= 0.6 is 0 Å². The van der Waals surface area contributed by atoms with Gasteiger partial charge < -0.3 is 15.5 Å². The van der Waals surface area contributed by atoms with Crippen molar-refractivity contribution in [2.75, 3.05) is 11.7 Å². The van der Waals surface area contributed by atoms with Gasteiger partial charge in [0.1, 0.15) is 6.04 Å². The minimum atomic E-state index is -3.84. The monoisotopic (exact) mass is 567 g/mol. The standard InChI is InChI=1S/C28H33N5O6S/c1-21(34)39-33(29)25-15-12-23(13-16-25)18-30-27(35)19-31-28(36)26(17-14-22-8-4-2-5-9-22)32-40(37,38)20-24-10-6-3-7-11-24/h2-13,15-16,26,32H,14,17-20,29H2,1H3,(H,30,35)(H,31,36)/t26-/m1/s1. The van der Waals surface area contributed by atoms with E-state index >= 15 is 0 Å². The zero-order valence-electron chi connectivity index (χ0n) is 22.1. The van der Waals surface area contributed by atoms with Crippen LogP contribution in [0.15, 0.2) is 84.9 Å². The molecule has 0 aliphatic carbocycles. The number of nitrogens with one attached hydrogen (secondary N) is 3. The summed E-state index contributed by atoms with van der Waals surface area (Å²) in [5.74, 6) is 3.74. The van der Waals surface area contributed by atoms with E-state index in [1.54, 1.807) is 54.6 Å². The van der Waals surface area contributed by atoms with Gasteiger partial charge in [-0.15, -0.1) is 5.17 Å². The number of nitrogens with two attached hydrogens (primary N) is 1. The summed E-state index contributed by atoms with van der Waals surface area (Å²) in [7, 11) is -3.84. The van der Waals surface area contributed by atoms with Gasteiger partial charge in [0, 0.05) is 13.5 Å². The Balaban J connectivity index is 1.55. The number of benzene rings is 3. The molecular formula is C28H33N5O6S. The number of hydrazine groups is 1. The minimum Gasteiger partial charge on any atom is -0.350 e. The van der Waals surface area contributed by atoms with Gasteiger partial charge in [-0.3, -0.25) is 9.59 Å². The number of carbonyl (C=O) groups is 3. The fourth-order valence-corrected chi connectivity index (χ4v) is 5.13. The lowest BCUT2D eigenvalue weighted by atomic mass is 10.1. The van der Waals surface area contributed by atoms with Gasteiger partial charge in [-0.1, -0.05) is 72.8 Å². The fraction of sp³-hybridized carbons (Fsp3) is 0.250. The molecule has 0 heterocycles. The number of amides is 2. The summed E-state index contributed by atoms with van der Waals surface area (Å²) in [6.45, 7) is 1.07. The molecule has 0 fully saturated rings. The third-order valence-electron chi connectivity index (χ3n) is 5.73. The molecule has 3 aromatic carbocycles. The molecule has 0 aromatic heterocycles. The molecule has 0 aliphatic heterocycles. The van der Waals surface area contributed by atoms with E-state index in [0.29, 0.717) is 17.7 Å². The molecular weight excluding hydrogens is 534 g/mol. The van der Waals surface area contributed by atoms with Crippen molar-refractivity contribution in [1.29, 1.82) is 0 Å². The van der Waals surface area contributed by atoms with Crippen LogP contribution in [-0.4, -0.2) is 38.8 Å². The Morgan fingerprint density at radius 2 is 1.45 bits per heavy atom. The van der Waals surface area contributed by atoms with Gasteiger partial charge in [0.25, 0.3) is 0 Å². The lowest BCUT2D eigenvalue weighted by molar-refractivity contribution is -0.142. The van der Waals surface area contributed by atoms with E-state index in [-0.39, 0.29) is 25.3 Å². The number of carbonyl (C=O) groups excluding carboxylic acids is 3. The number of hydrogen-bond acceptors (Lipinski definition) is 8. The molecule has 0 radical (unpaired) electrons. The molecule has 2 amide bonds. The molecule has 212 valence electrons. The second kappa shape index (κ2) is 14.8. The van der Waals surface area contributed by atoms with Gasteiger partial charge >= 0.3 is 5.97 Å². The van der Waals surface area contributed by atoms with Crippen molar-refractivity contribution in [3.8, 4) is 0 Å². The predicted octanol–water partition coefficient (Wildman–Crippen LogP) is 1.70. The number of aryl methyl sites for hydroxylation is 1. The predicted molar refractivity (Wildman–Crippen MR) is 150 cm³/mol. The topological polar surface area (TPSA) is 160 Å². The summed E-state index contributed by atoms with van der Waals surface area (Å²) in [4.78, 5) is 41.2. The SMILES string of the molecule is CC(=O)ON(N)c1ccc(CNC(=O)CNC(=O)[C@@H](CCc2ccccc2)NS(=O)(=O)Cc2ccccc2)cc1. The molecule has 3 aromatic rings. The van der Waals surface area contributed by atoms with E-state index < -0.39 is 33.8 Å². The van der Waals surface area contributed by atoms with Gasteiger partial charge in [-0.25, -0.2) is 23.8 Å². The van der Waals surface area contributed by atoms with Crippen molar-refractivity contribution in [2.45, 2.75) is 38.1 Å². The van der Waals surface area contributed by atoms with E-state index in [0.717, 1.165) is 16.3 Å². The summed E-state index contributed by atoms with van der Waals surface area (Å²) in [6, 6.07) is 23.6. The molecule has 12 heteroatoms. The number of anilines is 1. The average molecular weight is 568 g/mol. The molecule has 1 atom stereocenters. The Hall–Kier alpha value is -4.26. The molecule has 0 bridgehead atoms. The second-order valence-electron chi connectivity index (χ2n) is 9.01. The van der Waals surface area contributed by atoms with Gasteiger partial charge in [0.2, 0.25) is 21.8 Å². The number of rotatable bonds is 14. The molecule has 3 rings (SSSR count). The van der Waals surface area contributed by atoms with Crippen LogP contribution in [0.1, 0.15) is 30.0 Å². The fourth-order valence-electron chi connectivity index (χ4n) is 3.76. The minimum absolute atomic E-state index is 0.175. The summed E-state index contributed by atoms with van der Waals surface area (Å²) in [5.41, 5.74) is 2.73. The first-order valence-electron chi connectivity index (χ1n) is 12.6. The van der Waals surface area contributed by atoms with Crippen LogP contribution in [0.2, 0.25) is 0 Å². The zero-order chi connectivity index (χ0) is 29.0. The molecule has 0 unspecified atom stereocenters. The van der Waals surface area contributed by atoms with Crippen LogP contribution in [0.4, 0.5) is 5.69 Å². The summed E-state index contributed by atoms with van der Waals surface area (Å²) in [5, 5.41) is 6.06. The Morgan fingerprint density at radius 1 is 0.850 bits per heavy atom. The summed E-state index contributed by atoms with van der Waals surface area (Å²) < 4.78 is 28.2. The van der Waals surface area contributed by atoms with Crippen LogP contribution in [0.5, 0.6) is 0 Å². The third-order valence-corrected chi connectivity index (χ3v) is 7.09. The molecule has 40 heavy (non-hydrogen) atoms.